The van der Waals surface area contributed by atoms with Gasteiger partial charge in [0.2, 0.25) is 0 Å². The van der Waals surface area contributed by atoms with Crippen molar-refractivity contribution in [2.24, 2.45) is 0 Å². The fourth-order valence-electron chi connectivity index (χ4n) is 3.62. The molecule has 0 atom stereocenters. The Labute approximate surface area is 178 Å². The number of benzene rings is 2. The second kappa shape index (κ2) is 7.61. The van der Waals surface area contributed by atoms with E-state index in [0.717, 1.165) is 28.5 Å². The number of hydrogen-bond acceptors (Lipinski definition) is 2. The van der Waals surface area contributed by atoms with Crippen LogP contribution in [0.25, 0.3) is 17.0 Å². The van der Waals surface area contributed by atoms with E-state index in [1.807, 2.05) is 22.9 Å². The molecule has 0 saturated carbocycles. The van der Waals surface area contributed by atoms with Crippen molar-refractivity contribution in [1.29, 1.82) is 0 Å². The second-order valence-electron chi connectivity index (χ2n) is 6.93. The lowest BCUT2D eigenvalue weighted by atomic mass is 10.1. The van der Waals surface area contributed by atoms with Crippen LogP contribution in [0.15, 0.2) is 48.3 Å². The first kappa shape index (κ1) is 19.6. The summed E-state index contributed by atoms with van der Waals surface area (Å²) < 4.78 is 16.4. The van der Waals surface area contributed by atoms with Crippen LogP contribution >= 0.6 is 23.8 Å². The van der Waals surface area contributed by atoms with Crippen LogP contribution in [0.4, 0.5) is 4.39 Å². The van der Waals surface area contributed by atoms with E-state index in [1.165, 1.54) is 11.0 Å². The second-order valence-corrected chi connectivity index (χ2v) is 7.73. The number of carbonyl (C=O) groups is 1. The molecule has 148 valence electrons. The van der Waals surface area contributed by atoms with Crippen molar-refractivity contribution >= 4 is 51.8 Å². The molecule has 0 aliphatic carbocycles. The Hall–Kier alpha value is -2.70. The number of likely N-dealkylation sites (N-methyl/N-ethyl adjacent to an activating group) is 1. The predicted octanol–water partition coefficient (Wildman–Crippen LogP) is 4.73. The highest BCUT2D eigenvalue weighted by Crippen LogP contribution is 2.30. The van der Waals surface area contributed by atoms with Gasteiger partial charge in [0.1, 0.15) is 11.5 Å². The van der Waals surface area contributed by atoms with Crippen LogP contribution in [-0.4, -0.2) is 27.5 Å². The molecule has 0 bridgehead atoms. The third-order valence-corrected chi connectivity index (χ3v) is 5.89. The standard InChI is InChI=1S/C22H19ClFN3OS/c1-3-13-6-4-7-15-14(10-19-21(28)26(2)22(29)25-19)11-27(20(13)15)12-16-17(23)8-5-9-18(16)24/h4-11H,3,12H2,1-2H3,(H,25,29)/b19-10-. The number of aromatic nitrogens is 1. The summed E-state index contributed by atoms with van der Waals surface area (Å²) in [6.45, 7) is 2.37. The first-order valence-electron chi connectivity index (χ1n) is 9.25. The van der Waals surface area contributed by atoms with Gasteiger partial charge in [-0.1, -0.05) is 42.8 Å². The molecule has 1 N–H and O–H groups in total. The van der Waals surface area contributed by atoms with Crippen LogP contribution in [0.1, 0.15) is 23.6 Å². The van der Waals surface area contributed by atoms with Gasteiger partial charge < -0.3 is 9.88 Å². The lowest BCUT2D eigenvalue weighted by Gasteiger charge is -2.11. The van der Waals surface area contributed by atoms with E-state index >= 15 is 0 Å². The molecule has 1 fully saturated rings. The minimum atomic E-state index is -0.340. The number of rotatable bonds is 4. The molecule has 1 aliphatic heterocycles. The molecular weight excluding hydrogens is 409 g/mol. The van der Waals surface area contributed by atoms with Crippen molar-refractivity contribution in [3.05, 3.63) is 75.8 Å². The zero-order valence-corrected chi connectivity index (χ0v) is 17.6. The summed E-state index contributed by atoms with van der Waals surface area (Å²) in [5.41, 5.74) is 3.85. The summed E-state index contributed by atoms with van der Waals surface area (Å²) in [5.74, 6) is -0.521. The summed E-state index contributed by atoms with van der Waals surface area (Å²) >= 11 is 11.4. The summed E-state index contributed by atoms with van der Waals surface area (Å²) in [7, 11) is 1.64. The molecular formula is C22H19ClFN3OS. The topological polar surface area (TPSA) is 37.3 Å². The van der Waals surface area contributed by atoms with Crippen molar-refractivity contribution < 1.29 is 9.18 Å². The number of amides is 1. The van der Waals surface area contributed by atoms with Gasteiger partial charge in [-0.3, -0.25) is 9.69 Å². The van der Waals surface area contributed by atoms with Gasteiger partial charge in [0.15, 0.2) is 5.11 Å². The fourth-order valence-corrected chi connectivity index (χ4v) is 4.04. The minimum absolute atomic E-state index is 0.181. The van der Waals surface area contributed by atoms with E-state index in [1.54, 1.807) is 25.3 Å². The van der Waals surface area contributed by atoms with Crippen LogP contribution in [0.3, 0.4) is 0 Å². The number of fused-ring (bicyclic) bond motifs is 1. The number of nitrogens with one attached hydrogen (secondary N) is 1. The highest BCUT2D eigenvalue weighted by molar-refractivity contribution is 7.80. The Bertz CT molecular complexity index is 1160. The Morgan fingerprint density at radius 3 is 2.66 bits per heavy atom. The average Bonchev–Trinajstić information content (AvgIpc) is 3.17. The number of para-hydroxylation sites is 1. The molecule has 0 spiro atoms. The maximum atomic E-state index is 14.4. The molecule has 0 radical (unpaired) electrons. The zero-order chi connectivity index (χ0) is 20.7. The van der Waals surface area contributed by atoms with Crippen molar-refractivity contribution in [1.82, 2.24) is 14.8 Å². The molecule has 2 heterocycles. The number of nitrogens with zero attached hydrogens (tertiary/aromatic N) is 2. The van der Waals surface area contributed by atoms with Crippen LogP contribution in [0, 0.1) is 5.82 Å². The normalized spacial score (nSPS) is 15.6. The van der Waals surface area contributed by atoms with Crippen molar-refractivity contribution in [3.63, 3.8) is 0 Å². The Balaban J connectivity index is 1.88. The molecule has 4 nitrogen and oxygen atoms in total. The van der Waals surface area contributed by atoms with E-state index in [-0.39, 0.29) is 11.7 Å². The van der Waals surface area contributed by atoms with Crippen molar-refractivity contribution in [2.45, 2.75) is 19.9 Å². The number of halogens is 2. The number of carbonyl (C=O) groups excluding carboxylic acids is 1. The minimum Gasteiger partial charge on any atom is -0.342 e. The van der Waals surface area contributed by atoms with E-state index in [9.17, 15) is 9.18 Å². The van der Waals surface area contributed by atoms with Crippen molar-refractivity contribution in [2.75, 3.05) is 7.05 Å². The maximum absolute atomic E-state index is 14.4. The molecule has 1 saturated heterocycles. The third-order valence-electron chi connectivity index (χ3n) is 5.16. The summed E-state index contributed by atoms with van der Waals surface area (Å²) in [5, 5.41) is 4.70. The van der Waals surface area contributed by atoms with Crippen LogP contribution in [0.5, 0.6) is 0 Å². The van der Waals surface area contributed by atoms with Crippen LogP contribution in [-0.2, 0) is 17.8 Å². The SMILES string of the molecule is CCc1cccc2c(/C=C3\NC(=S)N(C)C3=O)cn(Cc3c(F)cccc3Cl)c12. The molecule has 7 heteroatoms. The summed E-state index contributed by atoms with van der Waals surface area (Å²) in [6.07, 6.45) is 4.54. The van der Waals surface area contributed by atoms with Gasteiger partial charge in [0.05, 0.1) is 12.1 Å². The molecule has 4 rings (SSSR count). The fraction of sp³-hybridized carbons (Fsp3) is 0.182. The molecule has 1 aromatic heterocycles. The Morgan fingerprint density at radius 1 is 1.24 bits per heavy atom. The molecule has 2 aromatic carbocycles. The molecule has 3 aromatic rings. The summed E-state index contributed by atoms with van der Waals surface area (Å²) in [6, 6.07) is 10.7. The van der Waals surface area contributed by atoms with Gasteiger partial charge >= 0.3 is 0 Å². The smallest absolute Gasteiger partial charge is 0.276 e. The predicted molar refractivity (Wildman–Crippen MR) is 118 cm³/mol. The molecule has 29 heavy (non-hydrogen) atoms. The van der Waals surface area contributed by atoms with E-state index < -0.39 is 0 Å². The van der Waals surface area contributed by atoms with Gasteiger partial charge in [-0.15, -0.1) is 0 Å². The summed E-state index contributed by atoms with van der Waals surface area (Å²) in [4.78, 5) is 13.8. The lowest BCUT2D eigenvalue weighted by molar-refractivity contribution is -0.121. The van der Waals surface area contributed by atoms with Gasteiger partial charge in [-0.05, 0) is 42.4 Å². The van der Waals surface area contributed by atoms with Gasteiger partial charge in [-0.25, -0.2) is 4.39 Å². The van der Waals surface area contributed by atoms with E-state index in [2.05, 4.69) is 18.3 Å². The monoisotopic (exact) mass is 427 g/mol. The Kier molecular flexibility index (Phi) is 5.15. The van der Waals surface area contributed by atoms with E-state index in [0.29, 0.717) is 27.9 Å². The van der Waals surface area contributed by atoms with Crippen LogP contribution < -0.4 is 5.32 Å². The van der Waals surface area contributed by atoms with Crippen molar-refractivity contribution in [3.8, 4) is 0 Å². The average molecular weight is 428 g/mol. The van der Waals surface area contributed by atoms with Gasteiger partial charge in [0, 0.05) is 34.8 Å². The quantitative estimate of drug-likeness (QED) is 0.483. The number of hydrogen-bond donors (Lipinski definition) is 1. The number of thiocarbonyl (C=S) groups is 1. The van der Waals surface area contributed by atoms with Gasteiger partial charge in [0.25, 0.3) is 5.91 Å². The first-order valence-corrected chi connectivity index (χ1v) is 10.0. The highest BCUT2D eigenvalue weighted by atomic mass is 35.5. The zero-order valence-electron chi connectivity index (χ0n) is 16.0. The van der Waals surface area contributed by atoms with Gasteiger partial charge in [-0.2, -0.15) is 0 Å². The lowest BCUT2D eigenvalue weighted by Crippen LogP contribution is -2.25. The third kappa shape index (κ3) is 3.43. The molecule has 0 unspecified atom stereocenters. The molecule has 1 amide bonds. The molecule has 1 aliphatic rings. The highest BCUT2D eigenvalue weighted by Gasteiger charge is 2.27. The maximum Gasteiger partial charge on any atom is 0.276 e. The van der Waals surface area contributed by atoms with E-state index in [4.69, 9.17) is 23.8 Å². The Morgan fingerprint density at radius 2 is 2.00 bits per heavy atom. The largest absolute Gasteiger partial charge is 0.342 e. The number of aryl methyl sites for hydroxylation is 1. The first-order chi connectivity index (χ1) is 13.9. The van der Waals surface area contributed by atoms with Crippen LogP contribution in [0.2, 0.25) is 5.02 Å².